The number of aryl methyl sites for hydroxylation is 2. The van der Waals surface area contributed by atoms with Gasteiger partial charge in [-0.25, -0.2) is 0 Å². The molecule has 5 heteroatoms. The SMILES string of the molecule is CCC(=O)Oc1cccc(Cl)c1COc1cc(Cl)c(CC)cc1CC. The van der Waals surface area contributed by atoms with Gasteiger partial charge >= 0.3 is 5.97 Å². The highest BCUT2D eigenvalue weighted by Gasteiger charge is 2.14. The van der Waals surface area contributed by atoms with Gasteiger partial charge in [0, 0.05) is 11.4 Å². The van der Waals surface area contributed by atoms with Crippen LogP contribution in [0, 0.1) is 0 Å². The summed E-state index contributed by atoms with van der Waals surface area (Å²) in [4.78, 5) is 11.6. The van der Waals surface area contributed by atoms with Crippen LogP contribution in [0.1, 0.15) is 43.9 Å². The highest BCUT2D eigenvalue weighted by atomic mass is 35.5. The molecule has 0 spiro atoms. The Hall–Kier alpha value is -1.71. The van der Waals surface area contributed by atoms with E-state index in [-0.39, 0.29) is 12.6 Å². The van der Waals surface area contributed by atoms with E-state index in [1.165, 1.54) is 0 Å². The van der Waals surface area contributed by atoms with Gasteiger partial charge in [0.25, 0.3) is 0 Å². The minimum atomic E-state index is -0.312. The van der Waals surface area contributed by atoms with Gasteiger partial charge in [0.05, 0.1) is 10.6 Å². The zero-order valence-electron chi connectivity index (χ0n) is 14.7. The van der Waals surface area contributed by atoms with E-state index in [0.717, 1.165) is 29.7 Å². The summed E-state index contributed by atoms with van der Waals surface area (Å²) in [5.74, 6) is 0.833. The van der Waals surface area contributed by atoms with Gasteiger partial charge in [-0.05, 0) is 42.2 Å². The first kappa shape index (κ1) is 19.6. The number of benzene rings is 2. The molecule has 0 heterocycles. The van der Waals surface area contributed by atoms with Crippen LogP contribution < -0.4 is 9.47 Å². The van der Waals surface area contributed by atoms with Crippen molar-refractivity contribution >= 4 is 29.2 Å². The van der Waals surface area contributed by atoms with Gasteiger partial charge in [-0.1, -0.05) is 56.1 Å². The Kier molecular flexibility index (Phi) is 7.15. The molecule has 0 atom stereocenters. The lowest BCUT2D eigenvalue weighted by molar-refractivity contribution is -0.134. The van der Waals surface area contributed by atoms with Crippen LogP contribution in [-0.2, 0) is 24.2 Å². The third kappa shape index (κ3) is 4.90. The molecule has 25 heavy (non-hydrogen) atoms. The van der Waals surface area contributed by atoms with Crippen molar-refractivity contribution in [2.45, 2.75) is 46.6 Å². The largest absolute Gasteiger partial charge is 0.488 e. The highest BCUT2D eigenvalue weighted by molar-refractivity contribution is 6.31. The zero-order valence-corrected chi connectivity index (χ0v) is 16.2. The molecule has 2 aromatic carbocycles. The van der Waals surface area contributed by atoms with Crippen molar-refractivity contribution in [3.05, 3.63) is 57.1 Å². The van der Waals surface area contributed by atoms with Crippen molar-refractivity contribution in [1.82, 2.24) is 0 Å². The molecule has 0 bridgehead atoms. The minimum Gasteiger partial charge on any atom is -0.488 e. The van der Waals surface area contributed by atoms with Gasteiger partial charge < -0.3 is 9.47 Å². The van der Waals surface area contributed by atoms with Crippen LogP contribution in [0.4, 0.5) is 0 Å². The van der Waals surface area contributed by atoms with E-state index >= 15 is 0 Å². The van der Waals surface area contributed by atoms with E-state index in [2.05, 4.69) is 19.9 Å². The maximum absolute atomic E-state index is 11.6. The van der Waals surface area contributed by atoms with Crippen molar-refractivity contribution < 1.29 is 14.3 Å². The molecule has 0 unspecified atom stereocenters. The molecule has 134 valence electrons. The van der Waals surface area contributed by atoms with Crippen molar-refractivity contribution in [1.29, 1.82) is 0 Å². The first-order valence-electron chi connectivity index (χ1n) is 8.42. The lowest BCUT2D eigenvalue weighted by Crippen LogP contribution is -2.09. The van der Waals surface area contributed by atoms with Crippen LogP contribution in [0.2, 0.25) is 10.0 Å². The summed E-state index contributed by atoms with van der Waals surface area (Å²) >= 11 is 12.6. The Morgan fingerprint density at radius 3 is 2.32 bits per heavy atom. The lowest BCUT2D eigenvalue weighted by atomic mass is 10.1. The summed E-state index contributed by atoms with van der Waals surface area (Å²) in [5.41, 5.74) is 2.82. The maximum atomic E-state index is 11.6. The van der Waals surface area contributed by atoms with Crippen LogP contribution in [-0.4, -0.2) is 5.97 Å². The van der Waals surface area contributed by atoms with Crippen molar-refractivity contribution in [3.63, 3.8) is 0 Å². The molecule has 0 saturated carbocycles. The molecule has 0 aliphatic carbocycles. The van der Waals surface area contributed by atoms with E-state index in [1.54, 1.807) is 25.1 Å². The molecule has 0 saturated heterocycles. The number of carbonyl (C=O) groups is 1. The molecule has 0 aliphatic heterocycles. The standard InChI is InChI=1S/C20H22Cl2O3/c1-4-13-10-14(5-2)19(11-17(13)22)24-12-15-16(21)8-7-9-18(15)25-20(23)6-3/h7-11H,4-6,12H2,1-3H3. The Labute approximate surface area is 158 Å². The van der Waals surface area contributed by atoms with E-state index in [4.69, 9.17) is 32.7 Å². The third-order valence-corrected chi connectivity index (χ3v) is 4.66. The summed E-state index contributed by atoms with van der Waals surface area (Å²) in [7, 11) is 0. The quantitative estimate of drug-likeness (QED) is 0.435. The summed E-state index contributed by atoms with van der Waals surface area (Å²) in [5, 5.41) is 1.18. The van der Waals surface area contributed by atoms with E-state index in [0.29, 0.717) is 27.8 Å². The van der Waals surface area contributed by atoms with Crippen molar-refractivity contribution in [2.75, 3.05) is 0 Å². The van der Waals surface area contributed by atoms with Crippen molar-refractivity contribution in [3.8, 4) is 11.5 Å². The molecule has 0 amide bonds. The highest BCUT2D eigenvalue weighted by Crippen LogP contribution is 2.32. The van der Waals surface area contributed by atoms with E-state index < -0.39 is 0 Å². The molecule has 0 N–H and O–H groups in total. The van der Waals surface area contributed by atoms with Gasteiger partial charge in [0.1, 0.15) is 18.1 Å². The zero-order chi connectivity index (χ0) is 18.4. The number of hydrogen-bond acceptors (Lipinski definition) is 3. The summed E-state index contributed by atoms with van der Waals surface area (Å²) in [6, 6.07) is 9.12. The molecule has 2 aromatic rings. The maximum Gasteiger partial charge on any atom is 0.310 e. The van der Waals surface area contributed by atoms with Crippen LogP contribution in [0.15, 0.2) is 30.3 Å². The second-order valence-electron chi connectivity index (χ2n) is 5.59. The summed E-state index contributed by atoms with van der Waals surface area (Å²) < 4.78 is 11.3. The monoisotopic (exact) mass is 380 g/mol. The van der Waals surface area contributed by atoms with Crippen LogP contribution >= 0.6 is 23.2 Å². The number of carbonyl (C=O) groups excluding carboxylic acids is 1. The Morgan fingerprint density at radius 1 is 0.960 bits per heavy atom. The van der Waals surface area contributed by atoms with Crippen molar-refractivity contribution in [2.24, 2.45) is 0 Å². The number of hydrogen-bond donors (Lipinski definition) is 0. The Bertz CT molecular complexity index is 757. The predicted molar refractivity (Wildman–Crippen MR) is 102 cm³/mol. The van der Waals surface area contributed by atoms with Gasteiger partial charge in [0.15, 0.2) is 0 Å². The number of ether oxygens (including phenoxy) is 2. The molecule has 0 fully saturated rings. The van der Waals surface area contributed by atoms with Crippen LogP contribution in [0.5, 0.6) is 11.5 Å². The van der Waals surface area contributed by atoms with Gasteiger partial charge in [-0.15, -0.1) is 0 Å². The molecule has 0 aliphatic rings. The molecule has 2 rings (SSSR count). The van der Waals surface area contributed by atoms with E-state index in [9.17, 15) is 4.79 Å². The average molecular weight is 381 g/mol. The van der Waals surface area contributed by atoms with Crippen LogP contribution in [0.25, 0.3) is 0 Å². The van der Waals surface area contributed by atoms with Gasteiger partial charge in [-0.3, -0.25) is 4.79 Å². The second kappa shape index (κ2) is 9.12. The minimum absolute atomic E-state index is 0.195. The first-order valence-corrected chi connectivity index (χ1v) is 9.17. The number of halogens is 2. The average Bonchev–Trinajstić information content (AvgIpc) is 2.61. The fourth-order valence-electron chi connectivity index (χ4n) is 2.45. The summed E-state index contributed by atoms with van der Waals surface area (Å²) in [6.07, 6.45) is 1.99. The van der Waals surface area contributed by atoms with Crippen LogP contribution in [0.3, 0.4) is 0 Å². The smallest absolute Gasteiger partial charge is 0.310 e. The molecular weight excluding hydrogens is 359 g/mol. The Morgan fingerprint density at radius 2 is 1.68 bits per heavy atom. The normalized spacial score (nSPS) is 10.6. The van der Waals surface area contributed by atoms with E-state index in [1.807, 2.05) is 6.07 Å². The lowest BCUT2D eigenvalue weighted by Gasteiger charge is -2.16. The fourth-order valence-corrected chi connectivity index (χ4v) is 2.96. The molecule has 0 radical (unpaired) electrons. The number of esters is 1. The summed E-state index contributed by atoms with van der Waals surface area (Å²) in [6.45, 7) is 6.08. The molecule has 0 aromatic heterocycles. The molecular formula is C20H22Cl2O3. The van der Waals surface area contributed by atoms with Gasteiger partial charge in [-0.2, -0.15) is 0 Å². The topological polar surface area (TPSA) is 35.5 Å². The number of rotatable bonds is 7. The predicted octanol–water partition coefficient (Wildman–Crippen LogP) is 6.01. The molecule has 3 nitrogen and oxygen atoms in total. The second-order valence-corrected chi connectivity index (χ2v) is 6.41. The van der Waals surface area contributed by atoms with Gasteiger partial charge in [0.2, 0.25) is 0 Å². The third-order valence-electron chi connectivity index (χ3n) is 3.95. The first-order chi connectivity index (χ1) is 12.0. The Balaban J connectivity index is 2.27. The fraction of sp³-hybridized carbons (Fsp3) is 0.350.